The topological polar surface area (TPSA) is 188 Å². The molecule has 0 radical (unpaired) electrons. The number of phosphoric acid groups is 1. The maximum absolute atomic E-state index is 12.8. The molecule has 0 aromatic carbocycles. The minimum absolute atomic E-state index is 0.121. The first-order chi connectivity index (χ1) is 23.2. The number of primary amides is 1. The van der Waals surface area contributed by atoms with Crippen LogP contribution in [0.2, 0.25) is 0 Å². The zero-order valence-electron chi connectivity index (χ0n) is 29.3. The van der Waals surface area contributed by atoms with Crippen molar-refractivity contribution in [3.8, 4) is 0 Å². The quantitative estimate of drug-likeness (QED) is 0.0495. The van der Waals surface area contributed by atoms with E-state index in [9.17, 15) is 24.5 Å². The first-order valence-corrected chi connectivity index (χ1v) is 20.9. The Kier molecular flexibility index (Phi) is 23.2. The molecule has 5 unspecified atom stereocenters. The van der Waals surface area contributed by atoms with Crippen molar-refractivity contribution >= 4 is 25.5 Å². The van der Waals surface area contributed by atoms with Crippen LogP contribution >= 0.6 is 19.6 Å². The lowest BCUT2D eigenvalue weighted by atomic mass is 10.1. The van der Waals surface area contributed by atoms with Crippen molar-refractivity contribution in [2.45, 2.75) is 160 Å². The molecule has 1 aromatic heterocycles. The number of amides is 1. The van der Waals surface area contributed by atoms with Gasteiger partial charge in [0.15, 0.2) is 6.23 Å². The van der Waals surface area contributed by atoms with Crippen LogP contribution in [-0.2, 0) is 23.1 Å². The molecule has 1 aliphatic heterocycles. The van der Waals surface area contributed by atoms with E-state index in [0.29, 0.717) is 12.4 Å². The Labute approximate surface area is 292 Å². The number of thioether (sulfide) groups is 1. The van der Waals surface area contributed by atoms with Gasteiger partial charge in [0.25, 0.3) is 5.91 Å². The highest BCUT2D eigenvalue weighted by atomic mass is 32.2. The predicted octanol–water partition coefficient (Wildman–Crippen LogP) is 6.31. The Morgan fingerprint density at radius 2 is 1.48 bits per heavy atom. The zero-order chi connectivity index (χ0) is 35.0. The number of unbranched alkanes of at least 4 members (excludes halogenated alkanes) is 16. The maximum Gasteiger partial charge on any atom is 0.472 e. The lowest BCUT2D eigenvalue weighted by Gasteiger charge is -2.21. The van der Waals surface area contributed by atoms with Gasteiger partial charge in [-0.15, -0.1) is 5.10 Å². The number of hydrogen-bond donors (Lipinski definition) is 4. The number of phosphoric ester groups is 1. The van der Waals surface area contributed by atoms with E-state index in [1.807, 2.05) is 0 Å². The molecule has 1 aromatic rings. The van der Waals surface area contributed by atoms with E-state index < -0.39 is 44.9 Å². The molecule has 0 spiro atoms. The predicted molar refractivity (Wildman–Crippen MR) is 188 cm³/mol. The lowest BCUT2D eigenvalue weighted by molar-refractivity contribution is -0.0600. The van der Waals surface area contributed by atoms with Gasteiger partial charge < -0.3 is 30.3 Å². The molecule has 6 atom stereocenters. The van der Waals surface area contributed by atoms with E-state index in [2.05, 4.69) is 23.9 Å². The number of aliphatic hydroxyl groups excluding tert-OH is 2. The van der Waals surface area contributed by atoms with Crippen LogP contribution in [0.4, 0.5) is 0 Å². The highest BCUT2D eigenvalue weighted by molar-refractivity contribution is 7.99. The van der Waals surface area contributed by atoms with Gasteiger partial charge in [0, 0.05) is 12.4 Å². The monoisotopic (exact) mass is 722 g/mol. The molecule has 48 heavy (non-hydrogen) atoms. The molecule has 1 amide bonds. The molecule has 1 saturated heterocycles. The molecule has 0 aliphatic carbocycles. The summed E-state index contributed by atoms with van der Waals surface area (Å²) in [7, 11) is -4.54. The number of aliphatic hydroxyl groups is 2. The zero-order valence-corrected chi connectivity index (χ0v) is 31.0. The largest absolute Gasteiger partial charge is 0.472 e. The molecule has 13 nitrogen and oxygen atoms in total. The molecular weight excluding hydrogens is 659 g/mol. The molecule has 280 valence electrons. The SMILES string of the molecule is CCCCCCCCCCCCSC[C@H](COP(=O)(O)OCC1OC(n2cnc(C(N)=O)n2)C(O)C1O)OCCCCCCCCCC. The molecule has 1 fully saturated rings. The second-order valence-electron chi connectivity index (χ2n) is 12.7. The van der Waals surface area contributed by atoms with E-state index in [1.54, 1.807) is 11.8 Å². The van der Waals surface area contributed by atoms with Crippen molar-refractivity contribution < 1.29 is 43.0 Å². The Bertz CT molecular complexity index is 1020. The van der Waals surface area contributed by atoms with Gasteiger partial charge in [-0.1, -0.05) is 117 Å². The van der Waals surface area contributed by atoms with Gasteiger partial charge in [0.05, 0.1) is 19.3 Å². The van der Waals surface area contributed by atoms with E-state index in [0.717, 1.165) is 36.0 Å². The van der Waals surface area contributed by atoms with Gasteiger partial charge in [0.1, 0.15) is 24.6 Å². The second kappa shape index (κ2) is 25.8. The van der Waals surface area contributed by atoms with Gasteiger partial charge in [-0.3, -0.25) is 13.8 Å². The van der Waals surface area contributed by atoms with Crippen molar-refractivity contribution in [1.29, 1.82) is 0 Å². The minimum atomic E-state index is -4.54. The van der Waals surface area contributed by atoms with E-state index in [4.69, 9.17) is 24.3 Å². The summed E-state index contributed by atoms with van der Waals surface area (Å²) in [5.74, 6) is 0.485. The summed E-state index contributed by atoms with van der Waals surface area (Å²) in [6.45, 7) is 4.36. The Balaban J connectivity index is 1.74. The Morgan fingerprint density at radius 3 is 2.04 bits per heavy atom. The summed E-state index contributed by atoms with van der Waals surface area (Å²) < 4.78 is 35.9. The van der Waals surface area contributed by atoms with Crippen LogP contribution in [0.25, 0.3) is 0 Å². The highest BCUT2D eigenvalue weighted by Gasteiger charge is 2.45. The number of carbonyl (C=O) groups is 1. The Hall–Kier alpha value is -1.09. The summed E-state index contributed by atoms with van der Waals surface area (Å²) in [6, 6.07) is 0. The van der Waals surface area contributed by atoms with Crippen LogP contribution in [0, 0.1) is 0 Å². The number of nitrogens with two attached hydrogens (primary N) is 1. The van der Waals surface area contributed by atoms with E-state index in [1.165, 1.54) is 96.3 Å². The molecule has 1 aliphatic rings. The number of ether oxygens (including phenoxy) is 2. The van der Waals surface area contributed by atoms with Crippen molar-refractivity contribution in [2.75, 3.05) is 31.3 Å². The van der Waals surface area contributed by atoms with Crippen molar-refractivity contribution in [3.05, 3.63) is 12.2 Å². The average Bonchev–Trinajstić information content (AvgIpc) is 3.67. The lowest BCUT2D eigenvalue weighted by Crippen LogP contribution is -2.34. The van der Waals surface area contributed by atoms with Crippen LogP contribution in [0.15, 0.2) is 6.33 Å². The van der Waals surface area contributed by atoms with E-state index >= 15 is 0 Å². The van der Waals surface area contributed by atoms with Crippen molar-refractivity contribution in [2.24, 2.45) is 5.73 Å². The summed E-state index contributed by atoms with van der Waals surface area (Å²) in [5, 5.41) is 24.7. The van der Waals surface area contributed by atoms with Crippen LogP contribution in [-0.4, -0.2) is 91.5 Å². The summed E-state index contributed by atoms with van der Waals surface area (Å²) in [4.78, 5) is 25.4. The van der Waals surface area contributed by atoms with Crippen LogP contribution < -0.4 is 5.73 Å². The summed E-state index contributed by atoms with van der Waals surface area (Å²) in [5.41, 5.74) is 5.17. The molecule has 5 N–H and O–H groups in total. The highest BCUT2D eigenvalue weighted by Crippen LogP contribution is 2.44. The van der Waals surface area contributed by atoms with Gasteiger partial charge >= 0.3 is 7.82 Å². The maximum atomic E-state index is 12.8. The fourth-order valence-corrected chi connectivity index (χ4v) is 7.31. The third-order valence-corrected chi connectivity index (χ3v) is 10.6. The van der Waals surface area contributed by atoms with Crippen LogP contribution in [0.3, 0.4) is 0 Å². The normalized spacial score (nSPS) is 21.4. The van der Waals surface area contributed by atoms with E-state index in [-0.39, 0.29) is 18.5 Å². The van der Waals surface area contributed by atoms with Gasteiger partial charge in [-0.05, 0) is 18.6 Å². The second-order valence-corrected chi connectivity index (χ2v) is 15.3. The number of carbonyl (C=O) groups excluding carboxylic acids is 1. The van der Waals surface area contributed by atoms with Gasteiger partial charge in [-0.2, -0.15) is 11.8 Å². The fourth-order valence-electron chi connectivity index (χ4n) is 5.51. The molecule has 0 saturated carbocycles. The molecule has 2 heterocycles. The summed E-state index contributed by atoms with van der Waals surface area (Å²) >= 11 is 1.76. The van der Waals surface area contributed by atoms with Gasteiger partial charge in [-0.25, -0.2) is 14.2 Å². The smallest absolute Gasteiger partial charge is 0.387 e. The van der Waals surface area contributed by atoms with Crippen molar-refractivity contribution in [3.63, 3.8) is 0 Å². The van der Waals surface area contributed by atoms with Crippen LogP contribution in [0.5, 0.6) is 0 Å². The Morgan fingerprint density at radius 1 is 0.917 bits per heavy atom. The molecule has 0 bridgehead atoms. The molecular formula is C33H63N4O9PS. The average molecular weight is 723 g/mol. The number of nitrogens with zero attached hydrogens (tertiary/aromatic N) is 3. The summed E-state index contributed by atoms with van der Waals surface area (Å²) in [6.07, 6.45) is 17.8. The fraction of sp³-hybridized carbons (Fsp3) is 0.909. The molecule has 2 rings (SSSR count). The van der Waals surface area contributed by atoms with Crippen LogP contribution in [0.1, 0.15) is 146 Å². The number of aromatic nitrogens is 3. The first kappa shape index (κ1) is 43.1. The first-order valence-electron chi connectivity index (χ1n) is 18.2. The van der Waals surface area contributed by atoms with Gasteiger partial charge in [0.2, 0.25) is 5.82 Å². The molecule has 15 heteroatoms. The third kappa shape index (κ3) is 18.2. The van der Waals surface area contributed by atoms with Crippen molar-refractivity contribution in [1.82, 2.24) is 14.8 Å². The standard InChI is InChI=1S/C33H63N4O9PS/c1-3-5-7-9-11-13-14-16-18-20-22-48-25-27(43-21-19-17-15-12-10-8-6-4-2)23-44-47(41,42)45-24-28-29(38)30(39)33(46-28)37-26-35-32(36-37)31(34)40/h26-30,33,38-39H,3-25H2,1-2H3,(H2,34,40)(H,41,42)/t27-,28?,29?,30?,33?/m0/s1. The number of rotatable bonds is 31. The number of hydrogen-bond acceptors (Lipinski definition) is 11. The minimum Gasteiger partial charge on any atom is -0.387 e. The third-order valence-electron chi connectivity index (χ3n) is 8.45.